The van der Waals surface area contributed by atoms with Crippen LogP contribution in [0, 0.1) is 24.5 Å². The number of aryl methyl sites for hydroxylation is 1. The predicted molar refractivity (Wildman–Crippen MR) is 126 cm³/mol. The minimum Gasteiger partial charge on any atom is -0.381 e. The van der Waals surface area contributed by atoms with E-state index in [-0.39, 0.29) is 16.6 Å². The molecule has 1 fully saturated rings. The number of nitrogens with one attached hydrogen (secondary N) is 3. The third kappa shape index (κ3) is 4.51. The van der Waals surface area contributed by atoms with E-state index in [1.165, 1.54) is 37.8 Å². The highest BCUT2D eigenvalue weighted by atomic mass is 19.1. The van der Waals surface area contributed by atoms with Crippen LogP contribution < -0.4 is 22.3 Å². The van der Waals surface area contributed by atoms with E-state index in [1.54, 1.807) is 6.20 Å². The molecule has 0 spiro atoms. The van der Waals surface area contributed by atoms with Gasteiger partial charge in [0.25, 0.3) is 5.56 Å². The van der Waals surface area contributed by atoms with Crippen molar-refractivity contribution in [2.24, 2.45) is 11.7 Å². The molecule has 2 unspecified atom stereocenters. The van der Waals surface area contributed by atoms with E-state index >= 15 is 0 Å². The number of hydrogen-bond acceptors (Lipinski definition) is 6. The number of nitrogens with two attached hydrogens (primary N) is 2. The molecule has 1 aromatic carbocycles. The number of halogens is 2. The Bertz CT molecular complexity index is 1350. The standard InChI is InChI=1S/C16H12F2N6O.C7H15N/c1-6-4-20-13-8(6)2-7(17)3-10(13)22-15-11-9(5-21-24-16(11)25)12(18)14(19)23-15;1-6-4-2-3-5-7(6)8/h2-5,20H,1H3,(H,24,25)(H3,19,22,23);6-7H,2-5,8H2,1H3. The average Bonchev–Trinajstić information content (AvgIpc) is 3.15. The number of benzene rings is 1. The molecule has 3 heterocycles. The Morgan fingerprint density at radius 3 is 2.64 bits per heavy atom. The van der Waals surface area contributed by atoms with Gasteiger partial charge in [0, 0.05) is 17.6 Å². The number of nitrogen functional groups attached to an aromatic ring is 1. The summed E-state index contributed by atoms with van der Waals surface area (Å²) in [5, 5.41) is 9.23. The normalized spacial score (nSPS) is 18.2. The monoisotopic (exact) mass is 455 g/mol. The van der Waals surface area contributed by atoms with Crippen LogP contribution in [0.3, 0.4) is 0 Å². The molecule has 5 rings (SSSR count). The number of rotatable bonds is 2. The second-order valence-corrected chi connectivity index (χ2v) is 8.55. The Balaban J connectivity index is 0.000000275. The lowest BCUT2D eigenvalue weighted by molar-refractivity contribution is 0.331. The fourth-order valence-electron chi connectivity index (χ4n) is 4.16. The van der Waals surface area contributed by atoms with E-state index in [0.717, 1.165) is 17.7 Å². The van der Waals surface area contributed by atoms with Crippen molar-refractivity contribution in [3.63, 3.8) is 0 Å². The fourth-order valence-corrected chi connectivity index (χ4v) is 4.16. The molecule has 0 radical (unpaired) electrons. The van der Waals surface area contributed by atoms with Gasteiger partial charge in [-0.25, -0.2) is 18.9 Å². The van der Waals surface area contributed by atoms with Crippen molar-refractivity contribution in [2.75, 3.05) is 11.1 Å². The lowest BCUT2D eigenvalue weighted by Crippen LogP contribution is -2.30. The molecule has 10 heteroatoms. The lowest BCUT2D eigenvalue weighted by Gasteiger charge is -2.24. The molecule has 1 saturated carbocycles. The molecule has 1 aliphatic carbocycles. The van der Waals surface area contributed by atoms with Gasteiger partial charge in [0.2, 0.25) is 0 Å². The Morgan fingerprint density at radius 2 is 1.94 bits per heavy atom. The van der Waals surface area contributed by atoms with Crippen LogP contribution >= 0.6 is 0 Å². The number of fused-ring (bicyclic) bond motifs is 2. The summed E-state index contributed by atoms with van der Waals surface area (Å²) in [5.41, 5.74) is 12.6. The van der Waals surface area contributed by atoms with E-state index in [2.05, 4.69) is 32.4 Å². The highest BCUT2D eigenvalue weighted by Crippen LogP contribution is 2.31. The molecule has 4 aromatic rings. The molecule has 3 aromatic heterocycles. The first-order chi connectivity index (χ1) is 15.8. The van der Waals surface area contributed by atoms with Gasteiger partial charge < -0.3 is 21.8 Å². The number of nitrogens with zero attached hydrogens (tertiary/aromatic N) is 2. The molecule has 174 valence electrons. The quantitative estimate of drug-likeness (QED) is 0.306. The second kappa shape index (κ2) is 9.14. The van der Waals surface area contributed by atoms with Gasteiger partial charge in [-0.3, -0.25) is 4.79 Å². The van der Waals surface area contributed by atoms with Crippen LogP contribution in [-0.2, 0) is 0 Å². The van der Waals surface area contributed by atoms with Crippen LogP contribution in [0.4, 0.5) is 26.1 Å². The maximum absolute atomic E-state index is 14.1. The summed E-state index contributed by atoms with van der Waals surface area (Å²) in [5.74, 6) is -0.898. The zero-order chi connectivity index (χ0) is 23.7. The zero-order valence-corrected chi connectivity index (χ0v) is 18.5. The highest BCUT2D eigenvalue weighted by molar-refractivity contribution is 5.99. The Morgan fingerprint density at radius 1 is 1.18 bits per heavy atom. The Labute approximate surface area is 188 Å². The van der Waals surface area contributed by atoms with Crippen LogP contribution in [0.5, 0.6) is 0 Å². The van der Waals surface area contributed by atoms with Crippen LogP contribution in [0.2, 0.25) is 0 Å². The van der Waals surface area contributed by atoms with Crippen molar-refractivity contribution in [1.82, 2.24) is 20.2 Å². The Kier molecular flexibility index (Phi) is 6.28. The van der Waals surface area contributed by atoms with Crippen LogP contribution in [0.15, 0.2) is 29.3 Å². The highest BCUT2D eigenvalue weighted by Gasteiger charge is 2.18. The number of H-pyrrole nitrogens is 2. The molecular formula is C23H27F2N7O. The van der Waals surface area contributed by atoms with Crippen LogP contribution in [-0.4, -0.2) is 26.2 Å². The lowest BCUT2D eigenvalue weighted by atomic mass is 9.87. The number of aromatic amines is 2. The topological polar surface area (TPSA) is 138 Å². The van der Waals surface area contributed by atoms with Gasteiger partial charge in [-0.15, -0.1) is 0 Å². The first-order valence-corrected chi connectivity index (χ1v) is 10.9. The third-order valence-electron chi connectivity index (χ3n) is 6.18. The van der Waals surface area contributed by atoms with E-state index in [0.29, 0.717) is 22.6 Å². The van der Waals surface area contributed by atoms with Crippen molar-refractivity contribution in [3.8, 4) is 0 Å². The van der Waals surface area contributed by atoms with Crippen molar-refractivity contribution in [2.45, 2.75) is 45.6 Å². The van der Waals surface area contributed by atoms with Gasteiger partial charge >= 0.3 is 0 Å². The molecule has 0 amide bonds. The third-order valence-corrected chi connectivity index (χ3v) is 6.18. The second-order valence-electron chi connectivity index (χ2n) is 8.55. The van der Waals surface area contributed by atoms with Crippen molar-refractivity contribution in [1.29, 1.82) is 0 Å². The maximum atomic E-state index is 14.1. The van der Waals surface area contributed by atoms with Gasteiger partial charge in [-0.2, -0.15) is 5.10 Å². The predicted octanol–water partition coefficient (Wildman–Crippen LogP) is 4.24. The van der Waals surface area contributed by atoms with Gasteiger partial charge in [-0.05, 0) is 43.4 Å². The molecular weight excluding hydrogens is 428 g/mol. The van der Waals surface area contributed by atoms with Gasteiger partial charge in [0.05, 0.1) is 28.2 Å². The molecule has 1 aliphatic rings. The minimum absolute atomic E-state index is 0.0108. The molecule has 0 bridgehead atoms. The summed E-state index contributed by atoms with van der Waals surface area (Å²) >= 11 is 0. The van der Waals surface area contributed by atoms with E-state index in [1.807, 2.05) is 6.92 Å². The van der Waals surface area contributed by atoms with Crippen LogP contribution in [0.1, 0.15) is 38.2 Å². The Hall–Kier alpha value is -3.53. The number of pyridine rings is 1. The van der Waals surface area contributed by atoms with E-state index in [9.17, 15) is 13.6 Å². The van der Waals surface area contributed by atoms with Gasteiger partial charge in [0.1, 0.15) is 11.6 Å². The molecule has 8 nitrogen and oxygen atoms in total. The largest absolute Gasteiger partial charge is 0.381 e. The van der Waals surface area contributed by atoms with Crippen molar-refractivity contribution < 1.29 is 8.78 Å². The smallest absolute Gasteiger partial charge is 0.275 e. The maximum Gasteiger partial charge on any atom is 0.275 e. The average molecular weight is 456 g/mol. The zero-order valence-electron chi connectivity index (χ0n) is 18.5. The summed E-state index contributed by atoms with van der Waals surface area (Å²) in [6.07, 6.45) is 8.23. The van der Waals surface area contributed by atoms with E-state index in [4.69, 9.17) is 11.5 Å². The summed E-state index contributed by atoms with van der Waals surface area (Å²) in [6.45, 7) is 4.09. The molecule has 33 heavy (non-hydrogen) atoms. The minimum atomic E-state index is -0.834. The van der Waals surface area contributed by atoms with Crippen molar-refractivity contribution >= 4 is 39.0 Å². The SMILES string of the molecule is CC1CCCCC1N.Cc1c[nH]c2c(Nc3nc(N)c(F)c4cn[nH]c(=O)c34)cc(F)cc12. The summed E-state index contributed by atoms with van der Waals surface area (Å²) in [4.78, 5) is 19.0. The molecule has 0 saturated heterocycles. The number of hydrogen-bond donors (Lipinski definition) is 5. The van der Waals surface area contributed by atoms with E-state index < -0.39 is 23.0 Å². The molecule has 7 N–H and O–H groups in total. The summed E-state index contributed by atoms with van der Waals surface area (Å²) in [6, 6.07) is 3.15. The summed E-state index contributed by atoms with van der Waals surface area (Å²) < 4.78 is 28.1. The van der Waals surface area contributed by atoms with Gasteiger partial charge in [-0.1, -0.05) is 19.8 Å². The first-order valence-electron chi connectivity index (χ1n) is 10.9. The number of anilines is 3. The van der Waals surface area contributed by atoms with Gasteiger partial charge in [0.15, 0.2) is 11.6 Å². The summed E-state index contributed by atoms with van der Waals surface area (Å²) in [7, 11) is 0. The van der Waals surface area contributed by atoms with Crippen molar-refractivity contribution in [3.05, 3.63) is 52.1 Å². The molecule has 2 atom stereocenters. The van der Waals surface area contributed by atoms with Crippen LogP contribution in [0.25, 0.3) is 21.7 Å². The first kappa shape index (κ1) is 22.7. The molecule has 0 aliphatic heterocycles. The fraction of sp³-hybridized carbons (Fsp3) is 0.348. The number of aromatic nitrogens is 4.